The summed E-state index contributed by atoms with van der Waals surface area (Å²) in [4.78, 5) is 40.4. The lowest BCUT2D eigenvalue weighted by atomic mass is 9.92. The van der Waals surface area contributed by atoms with Crippen molar-refractivity contribution in [2.24, 2.45) is 20.0 Å². The zero-order valence-electron chi connectivity index (χ0n) is 24.0. The normalized spacial score (nSPS) is 16.3. The highest BCUT2D eigenvalue weighted by molar-refractivity contribution is 5.85. The van der Waals surface area contributed by atoms with Crippen molar-refractivity contribution in [3.05, 3.63) is 97.7 Å². The van der Waals surface area contributed by atoms with Gasteiger partial charge in [0.15, 0.2) is 0 Å². The number of piperidine rings is 1. The minimum absolute atomic E-state index is 0.0268. The molecular formula is C32H38N4O5. The van der Waals surface area contributed by atoms with E-state index in [0.717, 1.165) is 83.6 Å². The molecule has 5 rings (SSSR count). The topological polar surface area (TPSA) is 97.0 Å². The highest BCUT2D eigenvalue weighted by Crippen LogP contribution is 2.37. The Morgan fingerprint density at radius 1 is 1.05 bits per heavy atom. The summed E-state index contributed by atoms with van der Waals surface area (Å²) in [5.41, 5.74) is 4.44. The number of benzene rings is 2. The number of fused-ring (bicyclic) bond motifs is 2. The molecule has 0 spiro atoms. The van der Waals surface area contributed by atoms with Crippen LogP contribution in [0, 0.1) is 5.92 Å². The Morgan fingerprint density at radius 3 is 2.56 bits per heavy atom. The van der Waals surface area contributed by atoms with E-state index in [1.165, 1.54) is 7.05 Å². The van der Waals surface area contributed by atoms with Gasteiger partial charge in [0.05, 0.1) is 6.42 Å². The van der Waals surface area contributed by atoms with Crippen molar-refractivity contribution in [3.8, 4) is 5.75 Å². The van der Waals surface area contributed by atoms with E-state index in [-0.39, 0.29) is 17.7 Å². The zero-order chi connectivity index (χ0) is 29.1. The number of aromatic nitrogens is 2. The van der Waals surface area contributed by atoms with Crippen LogP contribution in [0.2, 0.25) is 0 Å². The number of carboxylic acid groups (broad SMARTS) is 1. The van der Waals surface area contributed by atoms with Crippen LogP contribution in [0.1, 0.15) is 41.5 Å². The predicted molar refractivity (Wildman–Crippen MR) is 160 cm³/mol. The number of rotatable bonds is 8. The van der Waals surface area contributed by atoms with Crippen molar-refractivity contribution in [2.75, 3.05) is 38.1 Å². The first-order chi connectivity index (χ1) is 19.7. The number of carboxylic acids is 1. The van der Waals surface area contributed by atoms with Crippen molar-refractivity contribution in [1.29, 1.82) is 0 Å². The van der Waals surface area contributed by atoms with Gasteiger partial charge in [0, 0.05) is 51.9 Å². The third-order valence-electron chi connectivity index (χ3n) is 8.25. The van der Waals surface area contributed by atoms with Gasteiger partial charge in [-0.1, -0.05) is 36.4 Å². The molecule has 9 nitrogen and oxygen atoms in total. The lowest BCUT2D eigenvalue weighted by molar-refractivity contribution is -0.136. The fourth-order valence-electron chi connectivity index (χ4n) is 5.96. The molecule has 2 aromatic carbocycles. The van der Waals surface area contributed by atoms with Gasteiger partial charge >= 0.3 is 11.7 Å². The molecule has 0 atom stereocenters. The number of hydrogen-bond donors (Lipinski definition) is 1. The second-order valence-corrected chi connectivity index (χ2v) is 11.2. The molecule has 9 heteroatoms. The maximum absolute atomic E-state index is 12.3. The van der Waals surface area contributed by atoms with Gasteiger partial charge in [0.2, 0.25) is 0 Å². The SMILES string of the molecule is CN(CC/C=C1/c2ccccc2COc2ccc(CC(=O)O)cc21)CC1CCN(c2cc(=O)n(C)c(=O)n2C)CC1. The molecule has 41 heavy (non-hydrogen) atoms. The van der Waals surface area contributed by atoms with Crippen LogP contribution in [0.3, 0.4) is 0 Å². The average molecular weight is 559 g/mol. The molecule has 3 heterocycles. The Hall–Kier alpha value is -4.11. The van der Waals surface area contributed by atoms with E-state index in [1.54, 1.807) is 17.7 Å². The Bertz CT molecular complexity index is 1580. The number of aliphatic carboxylic acids is 1. The summed E-state index contributed by atoms with van der Waals surface area (Å²) >= 11 is 0. The monoisotopic (exact) mass is 558 g/mol. The summed E-state index contributed by atoms with van der Waals surface area (Å²) in [5.74, 6) is 1.15. The predicted octanol–water partition coefficient (Wildman–Crippen LogP) is 3.27. The number of hydrogen-bond acceptors (Lipinski definition) is 6. The first kappa shape index (κ1) is 28.4. The number of ether oxygens (including phenoxy) is 1. The van der Waals surface area contributed by atoms with Crippen molar-refractivity contribution in [2.45, 2.75) is 32.3 Å². The standard InChI is InChI=1S/C32H38N4O5/c1-33(20-22-12-15-36(16-13-22)29-19-30(37)35(3)32(40)34(29)2)14-6-9-26-25-8-5-4-7-24(25)21-41-28-11-10-23(17-27(26)28)18-31(38)39/h4-5,7-11,17,19,22H,6,12-16,18,20-21H2,1-3H3,(H,38,39)/b26-9-. The van der Waals surface area contributed by atoms with E-state index in [1.807, 2.05) is 30.3 Å². The summed E-state index contributed by atoms with van der Waals surface area (Å²) in [6.45, 7) is 3.97. The highest BCUT2D eigenvalue weighted by atomic mass is 16.5. The molecule has 0 saturated carbocycles. The maximum atomic E-state index is 12.3. The minimum Gasteiger partial charge on any atom is -0.488 e. The summed E-state index contributed by atoms with van der Waals surface area (Å²) < 4.78 is 8.81. The molecule has 3 aromatic rings. The van der Waals surface area contributed by atoms with Crippen LogP contribution >= 0.6 is 0 Å². The smallest absolute Gasteiger partial charge is 0.332 e. The highest BCUT2D eigenvalue weighted by Gasteiger charge is 2.23. The first-order valence-corrected chi connectivity index (χ1v) is 14.2. The number of nitrogens with zero attached hydrogens (tertiary/aromatic N) is 4. The lowest BCUT2D eigenvalue weighted by Gasteiger charge is -2.35. The Balaban J connectivity index is 1.24. The fraction of sp³-hybridized carbons (Fsp3) is 0.406. The van der Waals surface area contributed by atoms with Gasteiger partial charge in [-0.15, -0.1) is 0 Å². The Morgan fingerprint density at radius 2 is 1.80 bits per heavy atom. The number of anilines is 1. The van der Waals surface area contributed by atoms with E-state index in [2.05, 4.69) is 35.1 Å². The van der Waals surface area contributed by atoms with Crippen LogP contribution in [0.5, 0.6) is 5.75 Å². The Kier molecular flexibility index (Phi) is 8.44. The number of carbonyl (C=O) groups is 1. The van der Waals surface area contributed by atoms with Crippen molar-refractivity contribution < 1.29 is 14.6 Å². The second-order valence-electron chi connectivity index (χ2n) is 11.2. The molecule has 216 valence electrons. The van der Waals surface area contributed by atoms with Crippen LogP contribution < -0.4 is 20.9 Å². The first-order valence-electron chi connectivity index (χ1n) is 14.2. The van der Waals surface area contributed by atoms with Crippen LogP contribution in [0.25, 0.3) is 5.57 Å². The summed E-state index contributed by atoms with van der Waals surface area (Å²) in [7, 11) is 5.37. The molecule has 1 saturated heterocycles. The molecule has 1 fully saturated rings. The van der Waals surface area contributed by atoms with Crippen LogP contribution in [0.4, 0.5) is 5.82 Å². The van der Waals surface area contributed by atoms with E-state index < -0.39 is 5.97 Å². The fourth-order valence-corrected chi connectivity index (χ4v) is 5.96. The van der Waals surface area contributed by atoms with Gasteiger partial charge in [0.25, 0.3) is 5.56 Å². The van der Waals surface area contributed by atoms with E-state index in [0.29, 0.717) is 18.3 Å². The van der Waals surface area contributed by atoms with Gasteiger partial charge in [-0.2, -0.15) is 0 Å². The molecule has 1 N–H and O–H groups in total. The summed E-state index contributed by atoms with van der Waals surface area (Å²) in [6.07, 6.45) is 5.07. The van der Waals surface area contributed by atoms with E-state index >= 15 is 0 Å². The largest absolute Gasteiger partial charge is 0.488 e. The zero-order valence-corrected chi connectivity index (χ0v) is 24.0. The third-order valence-corrected chi connectivity index (χ3v) is 8.25. The molecular weight excluding hydrogens is 520 g/mol. The van der Waals surface area contributed by atoms with Crippen molar-refractivity contribution in [3.63, 3.8) is 0 Å². The second kappa shape index (κ2) is 12.2. The Labute approximate surface area is 239 Å². The van der Waals surface area contributed by atoms with Crippen molar-refractivity contribution >= 4 is 17.4 Å². The molecule has 0 aliphatic carbocycles. The van der Waals surface area contributed by atoms with Gasteiger partial charge < -0.3 is 19.6 Å². The molecule has 0 unspecified atom stereocenters. The van der Waals surface area contributed by atoms with Gasteiger partial charge in [-0.3, -0.25) is 18.7 Å². The quantitative estimate of drug-likeness (QED) is 0.453. The third kappa shape index (κ3) is 6.30. The van der Waals surface area contributed by atoms with Gasteiger partial charge in [0.1, 0.15) is 18.2 Å². The summed E-state index contributed by atoms with van der Waals surface area (Å²) in [6, 6.07) is 15.5. The molecule has 0 amide bonds. The summed E-state index contributed by atoms with van der Waals surface area (Å²) in [5, 5.41) is 9.32. The van der Waals surface area contributed by atoms with Gasteiger partial charge in [-0.25, -0.2) is 4.79 Å². The van der Waals surface area contributed by atoms with Crippen LogP contribution in [-0.2, 0) is 31.9 Å². The van der Waals surface area contributed by atoms with Crippen LogP contribution in [0.15, 0.2) is 64.2 Å². The van der Waals surface area contributed by atoms with E-state index in [4.69, 9.17) is 4.74 Å². The lowest BCUT2D eigenvalue weighted by Crippen LogP contribution is -2.43. The molecule has 1 aromatic heterocycles. The molecule has 2 aliphatic heterocycles. The van der Waals surface area contributed by atoms with Gasteiger partial charge in [-0.05, 0) is 66.6 Å². The molecule has 0 bridgehead atoms. The average Bonchev–Trinajstić information content (AvgIpc) is 3.11. The molecule has 0 radical (unpaired) electrons. The maximum Gasteiger partial charge on any atom is 0.332 e. The van der Waals surface area contributed by atoms with E-state index in [9.17, 15) is 19.5 Å². The molecule has 2 aliphatic rings. The van der Waals surface area contributed by atoms with Crippen molar-refractivity contribution in [1.82, 2.24) is 14.0 Å². The van der Waals surface area contributed by atoms with Crippen LogP contribution in [-0.4, -0.2) is 58.3 Å². The minimum atomic E-state index is -0.852.